The number of ether oxygens (including phenoxy) is 2. The summed E-state index contributed by atoms with van der Waals surface area (Å²) in [6.45, 7) is 4.78. The predicted molar refractivity (Wildman–Crippen MR) is 113 cm³/mol. The van der Waals surface area contributed by atoms with Crippen LogP contribution in [0.4, 0.5) is 0 Å². The number of morpholine rings is 1. The van der Waals surface area contributed by atoms with Crippen molar-refractivity contribution in [3.63, 3.8) is 0 Å². The zero-order chi connectivity index (χ0) is 20.7. The third-order valence-corrected chi connectivity index (χ3v) is 7.21. The van der Waals surface area contributed by atoms with E-state index in [0.29, 0.717) is 38.8 Å². The number of nitrogens with one attached hydrogen (secondary N) is 1. The third-order valence-electron chi connectivity index (χ3n) is 5.39. The Morgan fingerprint density at radius 3 is 2.59 bits per heavy atom. The Morgan fingerprint density at radius 2 is 1.93 bits per heavy atom. The minimum atomic E-state index is -3.36. The Labute approximate surface area is 173 Å². The van der Waals surface area contributed by atoms with Gasteiger partial charge in [-0.15, -0.1) is 0 Å². The van der Waals surface area contributed by atoms with E-state index < -0.39 is 10.0 Å². The van der Waals surface area contributed by atoms with Gasteiger partial charge in [0.25, 0.3) is 0 Å². The summed E-state index contributed by atoms with van der Waals surface area (Å²) in [5.74, 6) is 1.31. The average Bonchev–Trinajstić information content (AvgIpc) is 3.23. The van der Waals surface area contributed by atoms with Crippen molar-refractivity contribution in [2.24, 2.45) is 10.9 Å². The van der Waals surface area contributed by atoms with Crippen molar-refractivity contribution >= 4 is 16.0 Å². The van der Waals surface area contributed by atoms with E-state index in [4.69, 9.17) is 9.47 Å². The van der Waals surface area contributed by atoms with Crippen LogP contribution >= 0.6 is 0 Å². The molecule has 1 aromatic carbocycles. The minimum absolute atomic E-state index is 0.00128. The van der Waals surface area contributed by atoms with E-state index in [1.165, 1.54) is 4.31 Å². The van der Waals surface area contributed by atoms with Gasteiger partial charge in [-0.05, 0) is 17.5 Å². The van der Waals surface area contributed by atoms with Crippen LogP contribution < -0.4 is 5.32 Å². The van der Waals surface area contributed by atoms with Gasteiger partial charge < -0.3 is 19.7 Å². The molecule has 0 radical (unpaired) electrons. The lowest BCUT2D eigenvalue weighted by Gasteiger charge is -2.27. The van der Waals surface area contributed by atoms with E-state index in [0.717, 1.165) is 43.3 Å². The van der Waals surface area contributed by atoms with Gasteiger partial charge >= 0.3 is 0 Å². The number of nitrogens with zero attached hydrogens (tertiary/aromatic N) is 3. The van der Waals surface area contributed by atoms with Crippen LogP contribution in [0.1, 0.15) is 17.5 Å². The second-order valence-corrected chi connectivity index (χ2v) is 9.52. The van der Waals surface area contributed by atoms with Crippen LogP contribution in [0.3, 0.4) is 0 Å². The van der Waals surface area contributed by atoms with Crippen LogP contribution in [-0.4, -0.2) is 83.7 Å². The number of guanidine groups is 1. The van der Waals surface area contributed by atoms with Crippen molar-refractivity contribution < 1.29 is 17.9 Å². The van der Waals surface area contributed by atoms with E-state index in [-0.39, 0.29) is 5.75 Å². The van der Waals surface area contributed by atoms with Gasteiger partial charge in [0.05, 0.1) is 25.6 Å². The second-order valence-electron chi connectivity index (χ2n) is 7.55. The van der Waals surface area contributed by atoms with Gasteiger partial charge in [-0.3, -0.25) is 4.99 Å². The van der Waals surface area contributed by atoms with Crippen LogP contribution in [0.15, 0.2) is 29.3 Å². The van der Waals surface area contributed by atoms with Crippen molar-refractivity contribution in [1.82, 2.24) is 14.5 Å². The Bertz CT molecular complexity index is 787. The van der Waals surface area contributed by atoms with E-state index in [2.05, 4.69) is 15.2 Å². The maximum atomic E-state index is 12.8. The summed E-state index contributed by atoms with van der Waals surface area (Å²) < 4.78 is 37.9. The van der Waals surface area contributed by atoms with E-state index >= 15 is 0 Å². The van der Waals surface area contributed by atoms with Crippen LogP contribution in [0, 0.1) is 5.92 Å². The molecule has 1 atom stereocenters. The SMILES string of the molecule is CN=C(NCc1ccccc1CS(=O)(=O)N1CCOCC1)N(C)CC1CCOC1. The summed E-state index contributed by atoms with van der Waals surface area (Å²) >= 11 is 0. The molecular weight excluding hydrogens is 392 g/mol. The van der Waals surface area contributed by atoms with Crippen molar-refractivity contribution in [3.05, 3.63) is 35.4 Å². The van der Waals surface area contributed by atoms with Crippen LogP contribution in [-0.2, 0) is 31.8 Å². The summed E-state index contributed by atoms with van der Waals surface area (Å²) in [5, 5.41) is 3.37. The fourth-order valence-electron chi connectivity index (χ4n) is 3.74. The molecule has 0 amide bonds. The number of aliphatic imine (C=N–C) groups is 1. The van der Waals surface area contributed by atoms with E-state index in [1.807, 2.05) is 31.3 Å². The molecule has 162 valence electrons. The van der Waals surface area contributed by atoms with Crippen LogP contribution in [0.2, 0.25) is 0 Å². The molecule has 0 aliphatic carbocycles. The zero-order valence-corrected chi connectivity index (χ0v) is 18.2. The highest BCUT2D eigenvalue weighted by atomic mass is 32.2. The Hall–Kier alpha value is -1.68. The summed E-state index contributed by atoms with van der Waals surface area (Å²) in [6, 6.07) is 7.67. The van der Waals surface area contributed by atoms with Gasteiger partial charge in [-0.1, -0.05) is 24.3 Å². The van der Waals surface area contributed by atoms with Gasteiger partial charge in [-0.25, -0.2) is 8.42 Å². The highest BCUT2D eigenvalue weighted by Crippen LogP contribution is 2.17. The lowest BCUT2D eigenvalue weighted by atomic mass is 10.1. The topological polar surface area (TPSA) is 83.5 Å². The molecule has 3 rings (SSSR count). The molecule has 8 nitrogen and oxygen atoms in total. The third kappa shape index (κ3) is 6.15. The fraction of sp³-hybridized carbons (Fsp3) is 0.650. The van der Waals surface area contributed by atoms with Gasteiger partial charge in [0.1, 0.15) is 0 Å². The van der Waals surface area contributed by atoms with Gasteiger partial charge in [0.15, 0.2) is 5.96 Å². The molecule has 2 aliphatic rings. The molecule has 0 spiro atoms. The van der Waals surface area contributed by atoms with Gasteiger partial charge in [0.2, 0.25) is 10.0 Å². The number of hydrogen-bond donors (Lipinski definition) is 1. The maximum Gasteiger partial charge on any atom is 0.218 e. The molecular formula is C20H32N4O4S. The Balaban J connectivity index is 1.62. The highest BCUT2D eigenvalue weighted by molar-refractivity contribution is 7.88. The molecule has 9 heteroatoms. The summed E-state index contributed by atoms with van der Waals surface area (Å²) in [5.41, 5.74) is 1.77. The Morgan fingerprint density at radius 1 is 1.21 bits per heavy atom. The Kier molecular flexibility index (Phi) is 7.88. The first kappa shape index (κ1) is 22.0. The van der Waals surface area contributed by atoms with Crippen LogP contribution in [0.25, 0.3) is 0 Å². The van der Waals surface area contributed by atoms with Crippen LogP contribution in [0.5, 0.6) is 0 Å². The number of sulfonamides is 1. The first-order valence-electron chi connectivity index (χ1n) is 10.1. The van der Waals surface area contributed by atoms with Crippen molar-refractivity contribution in [1.29, 1.82) is 0 Å². The second kappa shape index (κ2) is 10.4. The molecule has 29 heavy (non-hydrogen) atoms. The summed E-state index contributed by atoms with van der Waals surface area (Å²) in [4.78, 5) is 6.48. The molecule has 0 aromatic heterocycles. The molecule has 1 aromatic rings. The monoisotopic (exact) mass is 424 g/mol. The van der Waals surface area contributed by atoms with E-state index in [1.54, 1.807) is 7.05 Å². The molecule has 0 bridgehead atoms. The standard InChI is InChI=1S/C20H32N4O4S/c1-21-20(23(2)14-17-7-10-28-15-17)22-13-18-5-3-4-6-19(18)16-29(25,26)24-8-11-27-12-9-24/h3-6,17H,7-16H2,1-2H3,(H,21,22). The number of hydrogen-bond acceptors (Lipinski definition) is 5. The van der Waals surface area contributed by atoms with Gasteiger partial charge in [-0.2, -0.15) is 4.31 Å². The molecule has 1 N–H and O–H groups in total. The first-order valence-corrected chi connectivity index (χ1v) is 11.7. The lowest BCUT2D eigenvalue weighted by molar-refractivity contribution is 0.0729. The van der Waals surface area contributed by atoms with Crippen molar-refractivity contribution in [2.75, 3.05) is 60.2 Å². The summed E-state index contributed by atoms with van der Waals surface area (Å²) in [7, 11) is 0.415. The lowest BCUT2D eigenvalue weighted by Crippen LogP contribution is -2.42. The van der Waals surface area contributed by atoms with Crippen molar-refractivity contribution in [2.45, 2.75) is 18.7 Å². The summed E-state index contributed by atoms with van der Waals surface area (Å²) in [6.07, 6.45) is 1.07. The highest BCUT2D eigenvalue weighted by Gasteiger charge is 2.25. The largest absolute Gasteiger partial charge is 0.381 e. The van der Waals surface area contributed by atoms with E-state index in [9.17, 15) is 8.42 Å². The van der Waals surface area contributed by atoms with Crippen molar-refractivity contribution in [3.8, 4) is 0 Å². The fourth-order valence-corrected chi connectivity index (χ4v) is 5.31. The zero-order valence-electron chi connectivity index (χ0n) is 17.3. The average molecular weight is 425 g/mol. The molecule has 2 fully saturated rings. The maximum absolute atomic E-state index is 12.8. The molecule has 0 saturated carbocycles. The molecule has 1 unspecified atom stereocenters. The minimum Gasteiger partial charge on any atom is -0.381 e. The molecule has 2 aliphatic heterocycles. The normalized spacial score (nSPS) is 21.3. The quantitative estimate of drug-likeness (QED) is 0.517. The number of benzene rings is 1. The van der Waals surface area contributed by atoms with Gasteiger partial charge in [0, 0.05) is 52.8 Å². The smallest absolute Gasteiger partial charge is 0.218 e. The molecule has 2 heterocycles. The first-order chi connectivity index (χ1) is 14.0. The number of rotatable bonds is 7. The molecule has 2 saturated heterocycles. The predicted octanol–water partition coefficient (Wildman–Crippen LogP) is 0.892.